The summed E-state index contributed by atoms with van der Waals surface area (Å²) in [6, 6.07) is 14.1. The van der Waals surface area contributed by atoms with Crippen molar-refractivity contribution in [3.05, 3.63) is 48.0 Å². The number of carbonyl (C=O) groups excluding carboxylic acids is 1. The quantitative estimate of drug-likeness (QED) is 0.411. The summed E-state index contributed by atoms with van der Waals surface area (Å²) in [5.41, 5.74) is 9.18. The molecule has 5 nitrogen and oxygen atoms in total. The molecule has 3 rings (SSSR count). The first-order valence-corrected chi connectivity index (χ1v) is 9.15. The highest BCUT2D eigenvalue weighted by atomic mass is 16.6. The van der Waals surface area contributed by atoms with Gasteiger partial charge in [0, 0.05) is 18.0 Å². The summed E-state index contributed by atoms with van der Waals surface area (Å²) in [6.07, 6.45) is 6.86. The number of rotatable bonds is 7. The number of amides is 1. The number of hydrogen-bond donors (Lipinski definition) is 3. The molecule has 1 aliphatic carbocycles. The van der Waals surface area contributed by atoms with Gasteiger partial charge in [0.05, 0.1) is 12.8 Å². The molecule has 1 unspecified atom stereocenters. The number of hydroxylamine groups is 1. The van der Waals surface area contributed by atoms with E-state index in [4.69, 9.17) is 10.6 Å². The number of carbonyl (C=O) groups is 1. The van der Waals surface area contributed by atoms with Crippen molar-refractivity contribution >= 4 is 16.7 Å². The van der Waals surface area contributed by atoms with Crippen LogP contribution in [0.25, 0.3) is 10.8 Å². The van der Waals surface area contributed by atoms with Gasteiger partial charge in [-0.05, 0) is 35.7 Å². The van der Waals surface area contributed by atoms with Gasteiger partial charge in [0.2, 0.25) is 0 Å². The second kappa shape index (κ2) is 8.94. The Balaban J connectivity index is 1.39. The van der Waals surface area contributed by atoms with E-state index in [0.29, 0.717) is 24.6 Å². The van der Waals surface area contributed by atoms with Crippen LogP contribution < -0.4 is 16.5 Å². The maximum Gasteiger partial charge on any atom is 0.274 e. The van der Waals surface area contributed by atoms with Crippen molar-refractivity contribution < 1.29 is 9.63 Å². The van der Waals surface area contributed by atoms with Gasteiger partial charge in [-0.2, -0.15) is 0 Å². The van der Waals surface area contributed by atoms with E-state index in [9.17, 15) is 4.79 Å². The van der Waals surface area contributed by atoms with E-state index in [0.717, 1.165) is 10.8 Å². The molecule has 0 spiro atoms. The van der Waals surface area contributed by atoms with Gasteiger partial charge in [0.1, 0.15) is 0 Å². The van der Waals surface area contributed by atoms with Crippen molar-refractivity contribution in [2.24, 2.45) is 5.73 Å². The fourth-order valence-corrected chi connectivity index (χ4v) is 3.35. The summed E-state index contributed by atoms with van der Waals surface area (Å²) in [6.45, 7) is 0.389. The zero-order valence-corrected chi connectivity index (χ0v) is 14.5. The summed E-state index contributed by atoms with van der Waals surface area (Å²) < 4.78 is 0. The van der Waals surface area contributed by atoms with Crippen LogP contribution in [0.2, 0.25) is 0 Å². The van der Waals surface area contributed by atoms with Crippen molar-refractivity contribution in [3.63, 3.8) is 0 Å². The average molecular weight is 341 g/mol. The standard InChI is InChI=1S/C20H27N3O2/c21-19(22-18-8-2-1-3-9-18)12-13-25-23-20(24)17-11-10-15-6-4-5-7-16(15)14-17/h4-7,10-11,14,18-19,22H,1-3,8-9,12-13,21H2,(H,23,24). The third-order valence-corrected chi connectivity index (χ3v) is 4.76. The summed E-state index contributed by atoms with van der Waals surface area (Å²) in [7, 11) is 0. The van der Waals surface area contributed by atoms with Crippen LogP contribution in [-0.2, 0) is 4.84 Å². The minimum atomic E-state index is -0.237. The second-order valence-corrected chi connectivity index (χ2v) is 6.74. The van der Waals surface area contributed by atoms with Crippen LogP contribution in [0.15, 0.2) is 42.5 Å². The molecular formula is C20H27N3O2. The highest BCUT2D eigenvalue weighted by Crippen LogP contribution is 2.18. The van der Waals surface area contributed by atoms with Crippen molar-refractivity contribution in [1.82, 2.24) is 10.8 Å². The molecule has 0 bridgehead atoms. The van der Waals surface area contributed by atoms with Gasteiger partial charge in [-0.3, -0.25) is 14.9 Å². The minimum absolute atomic E-state index is 0.0966. The Labute approximate surface area is 148 Å². The van der Waals surface area contributed by atoms with Crippen LogP contribution in [0.4, 0.5) is 0 Å². The molecule has 0 aromatic heterocycles. The van der Waals surface area contributed by atoms with E-state index in [1.165, 1.54) is 32.1 Å². The summed E-state index contributed by atoms with van der Waals surface area (Å²) in [5, 5.41) is 5.59. The normalized spacial score (nSPS) is 16.7. The molecule has 0 radical (unpaired) electrons. The monoisotopic (exact) mass is 341 g/mol. The van der Waals surface area contributed by atoms with E-state index in [-0.39, 0.29) is 12.1 Å². The van der Waals surface area contributed by atoms with Crippen molar-refractivity contribution in [1.29, 1.82) is 0 Å². The highest BCUT2D eigenvalue weighted by molar-refractivity contribution is 5.98. The van der Waals surface area contributed by atoms with Crippen LogP contribution >= 0.6 is 0 Å². The first-order chi connectivity index (χ1) is 12.2. The first kappa shape index (κ1) is 17.9. The Bertz CT molecular complexity index is 698. The minimum Gasteiger partial charge on any atom is -0.316 e. The maximum absolute atomic E-state index is 12.2. The SMILES string of the molecule is NC(CCONC(=O)c1ccc2ccccc2c1)NC1CCCCC1. The van der Waals surface area contributed by atoms with Crippen LogP contribution in [0.5, 0.6) is 0 Å². The van der Waals surface area contributed by atoms with Gasteiger partial charge in [0.25, 0.3) is 5.91 Å². The molecule has 25 heavy (non-hydrogen) atoms. The topological polar surface area (TPSA) is 76.4 Å². The largest absolute Gasteiger partial charge is 0.316 e. The third kappa shape index (κ3) is 5.26. The van der Waals surface area contributed by atoms with Gasteiger partial charge < -0.3 is 5.73 Å². The number of nitrogens with two attached hydrogens (primary N) is 1. The molecule has 0 aliphatic heterocycles. The van der Waals surface area contributed by atoms with Crippen LogP contribution in [-0.4, -0.2) is 24.7 Å². The lowest BCUT2D eigenvalue weighted by molar-refractivity contribution is 0.0275. The smallest absolute Gasteiger partial charge is 0.274 e. The molecule has 1 aliphatic rings. The van der Waals surface area contributed by atoms with E-state index < -0.39 is 0 Å². The Morgan fingerprint density at radius 3 is 2.68 bits per heavy atom. The van der Waals surface area contributed by atoms with E-state index in [1.54, 1.807) is 6.07 Å². The van der Waals surface area contributed by atoms with Gasteiger partial charge in [-0.15, -0.1) is 0 Å². The Morgan fingerprint density at radius 2 is 1.88 bits per heavy atom. The Kier molecular flexibility index (Phi) is 6.39. The number of hydrogen-bond acceptors (Lipinski definition) is 4. The summed E-state index contributed by atoms with van der Waals surface area (Å²) in [4.78, 5) is 17.5. The van der Waals surface area contributed by atoms with Crippen LogP contribution in [0.1, 0.15) is 48.9 Å². The first-order valence-electron chi connectivity index (χ1n) is 9.15. The molecule has 1 saturated carbocycles. The van der Waals surface area contributed by atoms with E-state index in [1.807, 2.05) is 36.4 Å². The lowest BCUT2D eigenvalue weighted by Gasteiger charge is -2.26. The lowest BCUT2D eigenvalue weighted by atomic mass is 9.95. The predicted octanol–water partition coefficient (Wildman–Crippen LogP) is 3.10. The lowest BCUT2D eigenvalue weighted by Crippen LogP contribution is -2.45. The molecule has 1 amide bonds. The maximum atomic E-state index is 12.2. The van der Waals surface area contributed by atoms with Crippen molar-refractivity contribution in [3.8, 4) is 0 Å². The summed E-state index contributed by atoms with van der Waals surface area (Å²) in [5.74, 6) is -0.237. The van der Waals surface area contributed by atoms with E-state index in [2.05, 4.69) is 10.8 Å². The fraction of sp³-hybridized carbons (Fsp3) is 0.450. The number of nitrogens with one attached hydrogen (secondary N) is 2. The molecule has 5 heteroatoms. The van der Waals surface area contributed by atoms with E-state index >= 15 is 0 Å². The fourth-order valence-electron chi connectivity index (χ4n) is 3.35. The molecule has 1 fully saturated rings. The van der Waals surface area contributed by atoms with Gasteiger partial charge in [0.15, 0.2) is 0 Å². The molecule has 0 heterocycles. The van der Waals surface area contributed by atoms with Crippen LogP contribution in [0.3, 0.4) is 0 Å². The molecule has 0 saturated heterocycles. The molecule has 134 valence electrons. The Morgan fingerprint density at radius 1 is 1.12 bits per heavy atom. The second-order valence-electron chi connectivity index (χ2n) is 6.74. The molecule has 4 N–H and O–H groups in total. The average Bonchev–Trinajstić information content (AvgIpc) is 2.65. The number of fused-ring (bicyclic) bond motifs is 1. The molecule has 2 aromatic carbocycles. The van der Waals surface area contributed by atoms with Gasteiger partial charge in [-0.1, -0.05) is 49.6 Å². The third-order valence-electron chi connectivity index (χ3n) is 4.76. The number of benzene rings is 2. The Hall–Kier alpha value is -1.95. The molecular weight excluding hydrogens is 314 g/mol. The van der Waals surface area contributed by atoms with Crippen molar-refractivity contribution in [2.45, 2.75) is 50.7 Å². The van der Waals surface area contributed by atoms with Crippen LogP contribution in [0, 0.1) is 0 Å². The summed E-state index contributed by atoms with van der Waals surface area (Å²) >= 11 is 0. The zero-order valence-electron chi connectivity index (χ0n) is 14.5. The van der Waals surface area contributed by atoms with Gasteiger partial charge in [-0.25, -0.2) is 5.48 Å². The molecule has 1 atom stereocenters. The molecule has 2 aromatic rings. The predicted molar refractivity (Wildman–Crippen MR) is 100.0 cm³/mol. The highest BCUT2D eigenvalue weighted by Gasteiger charge is 2.15. The van der Waals surface area contributed by atoms with Gasteiger partial charge >= 0.3 is 0 Å². The zero-order chi connectivity index (χ0) is 17.5. The van der Waals surface area contributed by atoms with Crippen molar-refractivity contribution in [2.75, 3.05) is 6.61 Å².